The Bertz CT molecular complexity index is 943. The van der Waals surface area contributed by atoms with E-state index in [1.165, 1.54) is 10.9 Å². The Morgan fingerprint density at radius 1 is 1.15 bits per heavy atom. The van der Waals surface area contributed by atoms with E-state index in [1.54, 1.807) is 0 Å². The molecule has 0 fully saturated rings. The zero-order valence-corrected chi connectivity index (χ0v) is 19.6. The first-order valence-corrected chi connectivity index (χ1v) is 14.3. The minimum absolute atomic E-state index is 0.366. The van der Waals surface area contributed by atoms with Crippen molar-refractivity contribution in [1.82, 2.24) is 19.3 Å². The van der Waals surface area contributed by atoms with Gasteiger partial charge in [-0.25, -0.2) is 9.67 Å². The second-order valence-corrected chi connectivity index (χ2v) is 18.7. The molecule has 3 heterocycles. The van der Waals surface area contributed by atoms with Gasteiger partial charge in [0, 0.05) is 34.9 Å². The van der Waals surface area contributed by atoms with E-state index >= 15 is 0 Å². The summed E-state index contributed by atoms with van der Waals surface area (Å²) >= 11 is 3.49. The first-order valence-electron chi connectivity index (χ1n) is 9.26. The van der Waals surface area contributed by atoms with Gasteiger partial charge in [0.05, 0.1) is 24.5 Å². The van der Waals surface area contributed by atoms with Crippen molar-refractivity contribution < 1.29 is 4.74 Å². The standard InChI is InChI=1S/C20H31BrN4OS/c1-15(2)25-13-18(17-9-20(21)22-11-19(17)25)16-10-23-24(12-16)14-26-7-8-27(3,4,5)6/h9-13,15,27H,7-8,14H2,1-6H3. The number of pyridine rings is 1. The first kappa shape index (κ1) is 20.4. The maximum absolute atomic E-state index is 5.87. The SMILES string of the molecule is CC(C)n1cc(-c2cnn(COCC[SH](C)(C)(C)C)c2)c2cc(Br)ncc21. The second-order valence-electron chi connectivity index (χ2n) is 9.55. The normalized spacial score (nSPS) is 14.0. The lowest BCUT2D eigenvalue weighted by atomic mass is 10.1. The van der Waals surface area contributed by atoms with Crippen LogP contribution in [0.1, 0.15) is 19.9 Å². The number of ether oxygens (including phenoxy) is 1. The molecule has 0 radical (unpaired) electrons. The molecular weight excluding hydrogens is 424 g/mol. The van der Waals surface area contributed by atoms with Crippen molar-refractivity contribution in [2.24, 2.45) is 0 Å². The number of aromatic nitrogens is 4. The number of nitrogens with zero attached hydrogens (tertiary/aromatic N) is 4. The summed E-state index contributed by atoms with van der Waals surface area (Å²) in [7, 11) is -1.51. The Hall–Kier alpha value is -1.31. The summed E-state index contributed by atoms with van der Waals surface area (Å²) in [5.74, 6) is 1.13. The predicted octanol–water partition coefficient (Wildman–Crippen LogP) is 4.81. The summed E-state index contributed by atoms with van der Waals surface area (Å²) < 4.78 is 10.8. The molecule has 0 bridgehead atoms. The highest BCUT2D eigenvalue weighted by Crippen LogP contribution is 2.54. The second kappa shape index (κ2) is 7.26. The Labute approximate surface area is 170 Å². The van der Waals surface area contributed by atoms with Crippen LogP contribution in [0.5, 0.6) is 0 Å². The molecule has 0 N–H and O–H groups in total. The third kappa shape index (κ3) is 5.15. The van der Waals surface area contributed by atoms with E-state index in [0.717, 1.165) is 28.0 Å². The predicted molar refractivity (Wildman–Crippen MR) is 123 cm³/mol. The van der Waals surface area contributed by atoms with Crippen LogP contribution < -0.4 is 0 Å². The van der Waals surface area contributed by atoms with Crippen LogP contribution >= 0.6 is 25.1 Å². The molecule has 0 unspecified atom stereocenters. The van der Waals surface area contributed by atoms with Crippen LogP contribution in [-0.4, -0.2) is 56.7 Å². The molecule has 0 amide bonds. The molecule has 0 saturated carbocycles. The van der Waals surface area contributed by atoms with E-state index in [4.69, 9.17) is 4.74 Å². The average Bonchev–Trinajstić information content (AvgIpc) is 3.13. The molecule has 0 aromatic carbocycles. The lowest BCUT2D eigenvalue weighted by molar-refractivity contribution is 0.0808. The highest BCUT2D eigenvalue weighted by molar-refractivity contribution is 9.10. The quantitative estimate of drug-likeness (QED) is 0.316. The van der Waals surface area contributed by atoms with Crippen LogP contribution in [0, 0.1) is 0 Å². The van der Waals surface area contributed by atoms with Gasteiger partial charge in [-0.05, 0) is 66.6 Å². The Balaban J connectivity index is 1.79. The number of halogens is 1. The summed E-state index contributed by atoms with van der Waals surface area (Å²) in [6, 6.07) is 2.44. The fourth-order valence-electron chi connectivity index (χ4n) is 2.94. The summed E-state index contributed by atoms with van der Waals surface area (Å²) in [6.07, 6.45) is 17.6. The Morgan fingerprint density at radius 3 is 2.56 bits per heavy atom. The Kier molecular flexibility index (Phi) is 5.49. The molecule has 0 saturated heterocycles. The van der Waals surface area contributed by atoms with Crippen molar-refractivity contribution in [3.8, 4) is 11.1 Å². The van der Waals surface area contributed by atoms with Gasteiger partial charge in [0.25, 0.3) is 0 Å². The maximum atomic E-state index is 5.87. The minimum atomic E-state index is -1.51. The zero-order chi connectivity index (χ0) is 19.8. The van der Waals surface area contributed by atoms with Crippen molar-refractivity contribution in [2.75, 3.05) is 37.4 Å². The monoisotopic (exact) mass is 454 g/mol. The number of hydrogen-bond acceptors (Lipinski definition) is 3. The van der Waals surface area contributed by atoms with Gasteiger partial charge in [-0.3, -0.25) is 9.16 Å². The molecule has 5 nitrogen and oxygen atoms in total. The topological polar surface area (TPSA) is 44.9 Å². The fraction of sp³-hybridized carbons (Fsp3) is 0.500. The molecule has 150 valence electrons. The van der Waals surface area contributed by atoms with Crippen LogP contribution in [-0.2, 0) is 11.5 Å². The van der Waals surface area contributed by atoms with E-state index in [2.05, 4.69) is 87.9 Å². The van der Waals surface area contributed by atoms with Gasteiger partial charge < -0.3 is 9.30 Å². The van der Waals surface area contributed by atoms with Crippen LogP contribution in [0.3, 0.4) is 0 Å². The van der Waals surface area contributed by atoms with Crippen LogP contribution in [0.2, 0.25) is 0 Å². The maximum Gasteiger partial charge on any atom is 0.139 e. The van der Waals surface area contributed by atoms with E-state index in [0.29, 0.717) is 12.8 Å². The molecular formula is C20H31BrN4OS. The fourth-order valence-corrected chi connectivity index (χ4v) is 4.13. The van der Waals surface area contributed by atoms with Gasteiger partial charge in [-0.2, -0.15) is 5.10 Å². The number of fused-ring (bicyclic) bond motifs is 1. The minimum Gasteiger partial charge on any atom is -0.359 e. The summed E-state index contributed by atoms with van der Waals surface area (Å²) in [5.41, 5.74) is 3.40. The zero-order valence-electron chi connectivity index (χ0n) is 17.1. The van der Waals surface area contributed by atoms with E-state index in [1.807, 2.05) is 17.1 Å². The first-order chi connectivity index (χ1) is 12.5. The molecule has 3 rings (SSSR count). The van der Waals surface area contributed by atoms with E-state index in [-0.39, 0.29) is 0 Å². The van der Waals surface area contributed by atoms with Crippen molar-refractivity contribution >= 4 is 36.0 Å². The number of hydrogen-bond donors (Lipinski definition) is 1. The Morgan fingerprint density at radius 2 is 1.89 bits per heavy atom. The van der Waals surface area contributed by atoms with Crippen LogP contribution in [0.4, 0.5) is 0 Å². The largest absolute Gasteiger partial charge is 0.359 e. The highest BCUT2D eigenvalue weighted by atomic mass is 79.9. The van der Waals surface area contributed by atoms with Gasteiger partial charge in [0.15, 0.2) is 0 Å². The van der Waals surface area contributed by atoms with Gasteiger partial charge in [0.2, 0.25) is 0 Å². The number of thiol groups is 1. The van der Waals surface area contributed by atoms with Gasteiger partial charge in [-0.1, -0.05) is 0 Å². The molecule has 0 aliphatic rings. The summed E-state index contributed by atoms with van der Waals surface area (Å²) in [4.78, 5) is 4.40. The van der Waals surface area contributed by atoms with Crippen molar-refractivity contribution in [2.45, 2.75) is 26.6 Å². The van der Waals surface area contributed by atoms with E-state index < -0.39 is 9.16 Å². The number of rotatable bonds is 7. The molecule has 0 spiro atoms. The molecule has 3 aromatic rings. The molecule has 0 aliphatic carbocycles. The van der Waals surface area contributed by atoms with Crippen molar-refractivity contribution in [3.05, 3.63) is 35.5 Å². The molecule has 3 aromatic heterocycles. The lowest BCUT2D eigenvalue weighted by Gasteiger charge is -2.46. The average molecular weight is 455 g/mol. The van der Waals surface area contributed by atoms with Gasteiger partial charge in [0.1, 0.15) is 11.3 Å². The summed E-state index contributed by atoms with van der Waals surface area (Å²) in [6.45, 7) is 5.63. The highest BCUT2D eigenvalue weighted by Gasteiger charge is 2.18. The summed E-state index contributed by atoms with van der Waals surface area (Å²) in [5, 5.41) is 5.67. The van der Waals surface area contributed by atoms with Crippen molar-refractivity contribution in [1.29, 1.82) is 0 Å². The van der Waals surface area contributed by atoms with Crippen LogP contribution in [0.15, 0.2) is 35.5 Å². The smallest absolute Gasteiger partial charge is 0.139 e. The van der Waals surface area contributed by atoms with E-state index in [9.17, 15) is 0 Å². The molecule has 27 heavy (non-hydrogen) atoms. The third-order valence-electron chi connectivity index (χ3n) is 4.54. The van der Waals surface area contributed by atoms with Crippen LogP contribution in [0.25, 0.3) is 22.0 Å². The van der Waals surface area contributed by atoms with Gasteiger partial charge >= 0.3 is 0 Å². The lowest BCUT2D eigenvalue weighted by Crippen LogP contribution is -2.19. The molecule has 7 heteroatoms. The molecule has 0 aliphatic heterocycles. The molecule has 0 atom stereocenters. The van der Waals surface area contributed by atoms with Gasteiger partial charge in [-0.15, -0.1) is 0 Å². The van der Waals surface area contributed by atoms with Crippen molar-refractivity contribution in [3.63, 3.8) is 0 Å². The third-order valence-corrected chi connectivity index (χ3v) is 6.95.